The van der Waals surface area contributed by atoms with Crippen LogP contribution in [0.5, 0.6) is 0 Å². The zero-order chi connectivity index (χ0) is 27.0. The monoisotopic (exact) mass is 531 g/mol. The van der Waals surface area contributed by atoms with E-state index in [1.165, 1.54) is 41.3 Å². The summed E-state index contributed by atoms with van der Waals surface area (Å²) in [5, 5.41) is 19.3. The first-order valence-electron chi connectivity index (χ1n) is 10.2. The second kappa shape index (κ2) is 9.34. The Morgan fingerprint density at radius 2 is 1.73 bits per heavy atom. The minimum absolute atomic E-state index is 0.0132. The Morgan fingerprint density at radius 3 is 2.35 bits per heavy atom. The fourth-order valence-corrected chi connectivity index (χ4v) is 3.21. The van der Waals surface area contributed by atoms with Gasteiger partial charge in [0.2, 0.25) is 0 Å². The number of anilines is 2. The van der Waals surface area contributed by atoms with Gasteiger partial charge in [0.05, 0.1) is 30.7 Å². The summed E-state index contributed by atoms with van der Waals surface area (Å²) in [6.45, 7) is -2.09. The summed E-state index contributed by atoms with van der Waals surface area (Å²) in [5.74, 6) is -1.36. The summed E-state index contributed by atoms with van der Waals surface area (Å²) >= 11 is 0. The molecule has 0 aliphatic rings. The lowest BCUT2D eigenvalue weighted by Crippen LogP contribution is -2.61. The molecule has 1 aromatic carbocycles. The van der Waals surface area contributed by atoms with E-state index < -0.39 is 41.8 Å². The predicted octanol–water partition coefficient (Wildman–Crippen LogP) is 4.03. The molecule has 0 radical (unpaired) electrons. The number of aromatic nitrogens is 5. The van der Waals surface area contributed by atoms with Gasteiger partial charge >= 0.3 is 12.4 Å². The van der Waals surface area contributed by atoms with Gasteiger partial charge in [-0.1, -0.05) is 23.4 Å². The van der Waals surface area contributed by atoms with Crippen molar-refractivity contribution in [2.24, 2.45) is 0 Å². The summed E-state index contributed by atoms with van der Waals surface area (Å²) in [7, 11) is 0. The Hall–Kier alpha value is -4.21. The molecule has 16 heteroatoms. The Labute approximate surface area is 202 Å². The van der Waals surface area contributed by atoms with Gasteiger partial charge in [0.1, 0.15) is 23.5 Å². The molecule has 4 aromatic rings. The van der Waals surface area contributed by atoms with Gasteiger partial charge in [-0.05, 0) is 12.1 Å². The largest absolute Gasteiger partial charge is 0.428 e. The molecule has 0 saturated heterocycles. The zero-order valence-corrected chi connectivity index (χ0v) is 18.3. The van der Waals surface area contributed by atoms with Crippen LogP contribution >= 0.6 is 0 Å². The van der Waals surface area contributed by atoms with Crippen LogP contribution in [0.4, 0.5) is 42.2 Å². The molecule has 0 fully saturated rings. The van der Waals surface area contributed by atoms with Crippen molar-refractivity contribution in [2.75, 3.05) is 17.6 Å². The number of hydrogen-bond acceptors (Lipinski definition) is 8. The molecule has 0 spiro atoms. The Bertz CT molecular complexity index is 1370. The van der Waals surface area contributed by atoms with Crippen LogP contribution in [0.15, 0.2) is 53.4 Å². The highest BCUT2D eigenvalue weighted by Crippen LogP contribution is 2.43. The molecule has 0 bridgehead atoms. The molecule has 9 nitrogen and oxygen atoms in total. The lowest BCUT2D eigenvalue weighted by molar-refractivity contribution is -0.362. The zero-order valence-electron chi connectivity index (χ0n) is 18.3. The molecule has 196 valence electrons. The highest BCUT2D eigenvalue weighted by molar-refractivity contribution is 5.67. The summed E-state index contributed by atoms with van der Waals surface area (Å²) < 4.78 is 98.5. The second-order valence-corrected chi connectivity index (χ2v) is 7.76. The van der Waals surface area contributed by atoms with Crippen molar-refractivity contribution in [3.8, 4) is 22.9 Å². The van der Waals surface area contributed by atoms with Crippen LogP contribution < -0.4 is 11.1 Å². The van der Waals surface area contributed by atoms with Gasteiger partial charge in [-0.15, -0.1) is 0 Å². The SMILES string of the molecule is Nc1cnc(-c2cc(-c3ccon3)n(Cc3ccccc3F)n2)nc1NCC(O)(C(F)(F)F)C(F)(F)F. The minimum atomic E-state index is -6.04. The number of nitrogens with zero attached hydrogens (tertiary/aromatic N) is 5. The highest BCUT2D eigenvalue weighted by atomic mass is 19.4. The Kier molecular flexibility index (Phi) is 6.53. The van der Waals surface area contributed by atoms with Crippen LogP contribution in [0, 0.1) is 5.82 Å². The average Bonchev–Trinajstić information content (AvgIpc) is 3.48. The predicted molar refractivity (Wildman–Crippen MR) is 114 cm³/mol. The van der Waals surface area contributed by atoms with Crippen molar-refractivity contribution in [2.45, 2.75) is 24.5 Å². The maximum absolute atomic E-state index is 14.2. The third-order valence-electron chi connectivity index (χ3n) is 5.25. The van der Waals surface area contributed by atoms with Crippen molar-refractivity contribution in [3.63, 3.8) is 0 Å². The first kappa shape index (κ1) is 25.9. The van der Waals surface area contributed by atoms with E-state index in [9.17, 15) is 35.8 Å². The molecule has 0 saturated carbocycles. The number of aliphatic hydroxyl groups is 1. The van der Waals surface area contributed by atoms with Gasteiger partial charge in [-0.3, -0.25) is 4.68 Å². The van der Waals surface area contributed by atoms with Crippen molar-refractivity contribution >= 4 is 11.5 Å². The smallest absolute Gasteiger partial charge is 0.394 e. The molecule has 4 rings (SSSR count). The number of nitrogens with one attached hydrogen (secondary N) is 1. The maximum Gasteiger partial charge on any atom is 0.428 e. The van der Waals surface area contributed by atoms with Crippen LogP contribution in [-0.2, 0) is 6.54 Å². The summed E-state index contributed by atoms with van der Waals surface area (Å²) in [4.78, 5) is 7.82. The van der Waals surface area contributed by atoms with Crippen molar-refractivity contribution in [3.05, 3.63) is 60.2 Å². The van der Waals surface area contributed by atoms with Crippen LogP contribution in [0.2, 0.25) is 0 Å². The summed E-state index contributed by atoms with van der Waals surface area (Å²) in [6.07, 6.45) is -9.86. The van der Waals surface area contributed by atoms with Crippen LogP contribution in [0.3, 0.4) is 0 Å². The molecule has 3 aromatic heterocycles. The van der Waals surface area contributed by atoms with E-state index in [0.717, 1.165) is 6.20 Å². The molecule has 0 aliphatic carbocycles. The number of benzene rings is 1. The van der Waals surface area contributed by atoms with Gasteiger partial charge in [0, 0.05) is 11.6 Å². The molecule has 0 unspecified atom stereocenters. The fourth-order valence-electron chi connectivity index (χ4n) is 3.21. The molecule has 0 atom stereocenters. The summed E-state index contributed by atoms with van der Waals surface area (Å²) in [6, 6.07) is 8.79. The highest BCUT2D eigenvalue weighted by Gasteiger charge is 2.70. The molecule has 0 aliphatic heterocycles. The number of alkyl halides is 6. The molecule has 3 heterocycles. The van der Waals surface area contributed by atoms with Crippen LogP contribution in [-0.4, -0.2) is 54.5 Å². The average molecular weight is 531 g/mol. The van der Waals surface area contributed by atoms with Crippen molar-refractivity contribution in [1.29, 1.82) is 0 Å². The number of rotatable bonds is 7. The van der Waals surface area contributed by atoms with E-state index in [1.807, 2.05) is 0 Å². The second-order valence-electron chi connectivity index (χ2n) is 7.76. The van der Waals surface area contributed by atoms with Crippen molar-refractivity contribution in [1.82, 2.24) is 24.9 Å². The third kappa shape index (κ3) is 5.04. The van der Waals surface area contributed by atoms with E-state index in [2.05, 4.69) is 20.2 Å². The van der Waals surface area contributed by atoms with Crippen molar-refractivity contribution < 1.29 is 40.4 Å². The topological polar surface area (TPSA) is 128 Å². The molecule has 0 amide bonds. The summed E-state index contributed by atoms with van der Waals surface area (Å²) in [5.41, 5.74) is 1.06. The lowest BCUT2D eigenvalue weighted by Gasteiger charge is -2.32. The Morgan fingerprint density at radius 1 is 1.03 bits per heavy atom. The quantitative estimate of drug-likeness (QED) is 0.305. The first-order valence-corrected chi connectivity index (χ1v) is 10.2. The number of nitrogens with two attached hydrogens (primary N) is 1. The standard InChI is InChI=1S/C21H16F7N7O2/c22-12-4-2-1-3-11(12)9-35-16(14-5-6-37-34-14)7-15(33-35)18-30-8-13(29)17(32-18)31-10-19(36,20(23,24)25)21(26,27)28/h1-8,36H,9-10,29H2,(H,30,31,32). The first-order chi connectivity index (χ1) is 17.3. The maximum atomic E-state index is 14.2. The van der Waals surface area contributed by atoms with E-state index in [-0.39, 0.29) is 23.6 Å². The fraction of sp³-hybridized carbons (Fsp3) is 0.238. The molecular weight excluding hydrogens is 515 g/mol. The number of nitrogen functional groups attached to an aromatic ring is 1. The van der Waals surface area contributed by atoms with Gasteiger partial charge in [-0.2, -0.15) is 31.4 Å². The number of hydrogen-bond donors (Lipinski definition) is 3. The minimum Gasteiger partial charge on any atom is -0.394 e. The van der Waals surface area contributed by atoms with Crippen LogP contribution in [0.1, 0.15) is 5.56 Å². The van der Waals surface area contributed by atoms with E-state index in [4.69, 9.17) is 10.3 Å². The Balaban J connectivity index is 1.69. The lowest BCUT2D eigenvalue weighted by atomic mass is 10.0. The molecular formula is C21H16F7N7O2. The van der Waals surface area contributed by atoms with Gasteiger partial charge in [0.15, 0.2) is 11.6 Å². The van der Waals surface area contributed by atoms with Gasteiger partial charge < -0.3 is 20.7 Å². The van der Waals surface area contributed by atoms with E-state index in [0.29, 0.717) is 11.4 Å². The van der Waals surface area contributed by atoms with E-state index >= 15 is 0 Å². The van der Waals surface area contributed by atoms with E-state index in [1.54, 1.807) is 11.4 Å². The molecule has 4 N–H and O–H groups in total. The molecule has 37 heavy (non-hydrogen) atoms. The van der Waals surface area contributed by atoms with Crippen LogP contribution in [0.25, 0.3) is 22.9 Å². The van der Waals surface area contributed by atoms with Gasteiger partial charge in [-0.25, -0.2) is 14.4 Å². The number of halogens is 7. The third-order valence-corrected chi connectivity index (χ3v) is 5.25. The normalized spacial score (nSPS) is 12.6. The van der Waals surface area contributed by atoms with Gasteiger partial charge in [0.25, 0.3) is 5.60 Å².